The Morgan fingerprint density at radius 3 is 1.73 bits per heavy atom. The van der Waals surface area contributed by atoms with Crippen LogP contribution in [0.5, 0.6) is 0 Å². The largest absolute Gasteiger partial charge is 0.133 e. The van der Waals surface area contributed by atoms with Gasteiger partial charge in [-0.3, -0.25) is 0 Å². The first-order chi connectivity index (χ1) is 15.7. The molecule has 0 amide bonds. The van der Waals surface area contributed by atoms with Crippen molar-refractivity contribution >= 4 is 23.1 Å². The Morgan fingerprint density at radius 2 is 1.24 bits per heavy atom. The molecule has 1 aliphatic rings. The van der Waals surface area contributed by atoms with Crippen LogP contribution in [0.25, 0.3) is 22.3 Å². The second-order valence-electron chi connectivity index (χ2n) is 11.6. The molecule has 1 fully saturated rings. The van der Waals surface area contributed by atoms with Crippen molar-refractivity contribution in [2.75, 3.05) is 6.66 Å². The molecule has 0 heterocycles. The van der Waals surface area contributed by atoms with E-state index in [9.17, 15) is 0 Å². The van der Waals surface area contributed by atoms with E-state index in [4.69, 9.17) is 0 Å². The Labute approximate surface area is 206 Å². The topological polar surface area (TPSA) is 0 Å². The monoisotopic (exact) mass is 474 g/mol. The highest BCUT2D eigenvalue weighted by Crippen LogP contribution is 2.49. The zero-order valence-corrected chi connectivity index (χ0v) is 23.2. The van der Waals surface area contributed by atoms with Gasteiger partial charge in [-0.1, -0.05) is 96.9 Å². The predicted molar refractivity (Wildman–Crippen MR) is 153 cm³/mol. The van der Waals surface area contributed by atoms with Gasteiger partial charge in [0.2, 0.25) is 0 Å². The van der Waals surface area contributed by atoms with Crippen LogP contribution in [0.15, 0.2) is 66.7 Å². The van der Waals surface area contributed by atoms with Crippen molar-refractivity contribution in [1.29, 1.82) is 0 Å². The van der Waals surface area contributed by atoms with Gasteiger partial charge in [0.15, 0.2) is 0 Å². The van der Waals surface area contributed by atoms with Crippen molar-refractivity contribution in [2.24, 2.45) is 16.7 Å². The van der Waals surface area contributed by atoms with Gasteiger partial charge in [-0.15, -0.1) is 9.24 Å². The Hall–Kier alpha value is -1.48. The summed E-state index contributed by atoms with van der Waals surface area (Å²) in [5.41, 5.74) is 9.03. The summed E-state index contributed by atoms with van der Waals surface area (Å²) in [5, 5.41) is 1.43. The van der Waals surface area contributed by atoms with Crippen molar-refractivity contribution in [3.05, 3.63) is 77.9 Å². The SMILES string of the molecule is CPc1ccc(-c2cc(CC3CC(C)(C)CC(C)(C)C3)cc(-c3ccc(CP)cc3)c2)cc1. The highest BCUT2D eigenvalue weighted by atomic mass is 31.1. The van der Waals surface area contributed by atoms with Crippen LogP contribution in [0, 0.1) is 16.7 Å². The molecule has 33 heavy (non-hydrogen) atoms. The van der Waals surface area contributed by atoms with Gasteiger partial charge >= 0.3 is 0 Å². The van der Waals surface area contributed by atoms with Crippen LogP contribution in [0.1, 0.15) is 58.1 Å². The summed E-state index contributed by atoms with van der Waals surface area (Å²) in [6, 6.07) is 25.6. The van der Waals surface area contributed by atoms with Crippen molar-refractivity contribution in [2.45, 2.75) is 59.5 Å². The van der Waals surface area contributed by atoms with Crippen LogP contribution in [0.2, 0.25) is 0 Å². The number of hydrogen-bond acceptors (Lipinski definition) is 0. The molecule has 1 saturated carbocycles. The average Bonchev–Trinajstić information content (AvgIpc) is 2.77. The van der Waals surface area contributed by atoms with Crippen molar-refractivity contribution in [3.8, 4) is 22.3 Å². The van der Waals surface area contributed by atoms with E-state index in [2.05, 4.69) is 110 Å². The molecule has 0 aromatic heterocycles. The molecule has 0 radical (unpaired) electrons. The average molecular weight is 475 g/mol. The molecule has 2 atom stereocenters. The molecule has 2 unspecified atom stereocenters. The molecule has 3 aromatic carbocycles. The Morgan fingerprint density at radius 1 is 0.727 bits per heavy atom. The lowest BCUT2D eigenvalue weighted by molar-refractivity contribution is 0.0678. The number of hydrogen-bond donors (Lipinski definition) is 0. The Bertz CT molecular complexity index is 993. The van der Waals surface area contributed by atoms with E-state index in [1.807, 2.05) is 0 Å². The van der Waals surface area contributed by atoms with Crippen LogP contribution < -0.4 is 5.30 Å². The van der Waals surface area contributed by atoms with Crippen LogP contribution in [0.4, 0.5) is 0 Å². The highest BCUT2D eigenvalue weighted by Gasteiger charge is 2.38. The van der Waals surface area contributed by atoms with Gasteiger partial charge in [-0.25, -0.2) is 0 Å². The van der Waals surface area contributed by atoms with Gasteiger partial charge in [0.25, 0.3) is 0 Å². The molecule has 0 spiro atoms. The lowest BCUT2D eigenvalue weighted by Crippen LogP contribution is -2.34. The molecule has 0 saturated heterocycles. The van der Waals surface area contributed by atoms with E-state index < -0.39 is 0 Å². The minimum atomic E-state index is 0.428. The van der Waals surface area contributed by atoms with Crippen LogP contribution in [0.3, 0.4) is 0 Å². The van der Waals surface area contributed by atoms with Crippen molar-refractivity contribution < 1.29 is 0 Å². The molecule has 174 valence electrons. The molecular formula is C31H40P2. The smallest absolute Gasteiger partial charge is 0.0128 e. The minimum absolute atomic E-state index is 0.428. The van der Waals surface area contributed by atoms with Crippen LogP contribution in [-0.4, -0.2) is 6.66 Å². The maximum Gasteiger partial charge on any atom is -0.0128 e. The minimum Gasteiger partial charge on any atom is -0.133 e. The third kappa shape index (κ3) is 6.35. The molecular weight excluding hydrogens is 434 g/mol. The van der Waals surface area contributed by atoms with Gasteiger partial charge in [0.05, 0.1) is 0 Å². The van der Waals surface area contributed by atoms with Crippen LogP contribution in [-0.2, 0) is 12.6 Å². The van der Waals surface area contributed by atoms with E-state index in [-0.39, 0.29) is 0 Å². The summed E-state index contributed by atoms with van der Waals surface area (Å²) >= 11 is 0. The zero-order chi connectivity index (χ0) is 23.6. The van der Waals surface area contributed by atoms with E-state index in [1.165, 1.54) is 64.4 Å². The predicted octanol–water partition coefficient (Wildman–Crippen LogP) is 8.72. The van der Waals surface area contributed by atoms with Crippen molar-refractivity contribution in [1.82, 2.24) is 0 Å². The lowest BCUT2D eigenvalue weighted by Gasteiger charge is -2.45. The first-order valence-electron chi connectivity index (χ1n) is 12.4. The summed E-state index contributed by atoms with van der Waals surface area (Å²) < 4.78 is 0. The molecule has 0 aliphatic heterocycles. The van der Waals surface area contributed by atoms with Crippen molar-refractivity contribution in [3.63, 3.8) is 0 Å². The Kier molecular flexibility index (Phi) is 7.48. The molecule has 0 nitrogen and oxygen atoms in total. The molecule has 0 bridgehead atoms. The second kappa shape index (κ2) is 10.0. The van der Waals surface area contributed by atoms with Gasteiger partial charge < -0.3 is 0 Å². The molecule has 0 N–H and O–H groups in total. The summed E-state index contributed by atoms with van der Waals surface area (Å²) in [6.45, 7) is 12.1. The third-order valence-corrected chi connectivity index (χ3v) is 8.57. The lowest BCUT2D eigenvalue weighted by atomic mass is 9.60. The van der Waals surface area contributed by atoms with E-state index in [1.54, 1.807) is 0 Å². The first-order valence-corrected chi connectivity index (χ1v) is 14.7. The van der Waals surface area contributed by atoms with Crippen LogP contribution >= 0.6 is 17.8 Å². The van der Waals surface area contributed by atoms with E-state index in [0.717, 1.165) is 20.7 Å². The van der Waals surface area contributed by atoms with Gasteiger partial charge in [-0.05, 0) is 100 Å². The zero-order valence-electron chi connectivity index (χ0n) is 21.0. The summed E-state index contributed by atoms with van der Waals surface area (Å²) in [4.78, 5) is 0. The number of benzene rings is 3. The fraction of sp³-hybridized carbons (Fsp3) is 0.419. The van der Waals surface area contributed by atoms with E-state index >= 15 is 0 Å². The van der Waals surface area contributed by atoms with Gasteiger partial charge in [0.1, 0.15) is 0 Å². The molecule has 1 aliphatic carbocycles. The summed E-state index contributed by atoms with van der Waals surface area (Å²) in [6.07, 6.45) is 6.15. The van der Waals surface area contributed by atoms with Gasteiger partial charge in [-0.2, -0.15) is 0 Å². The van der Waals surface area contributed by atoms with E-state index in [0.29, 0.717) is 10.8 Å². The third-order valence-electron chi connectivity index (χ3n) is 7.19. The maximum atomic E-state index is 2.83. The first kappa shape index (κ1) is 24.6. The second-order valence-corrected chi connectivity index (χ2v) is 13.1. The standard InChI is InChI=1S/C31H40P2/c1-30(2)18-24(19-31(3,4)21-30)14-23-15-27(25-8-6-22(20-32)7-9-25)17-28(16-23)26-10-12-29(33-5)13-11-26/h6-13,15-17,24,33H,14,18-21,32H2,1-5H3. The number of rotatable bonds is 6. The fourth-order valence-corrected chi connectivity index (χ4v) is 7.13. The molecule has 3 aromatic rings. The maximum absolute atomic E-state index is 2.83. The normalized spacial score (nSPS) is 18.1. The van der Waals surface area contributed by atoms with Gasteiger partial charge in [0, 0.05) is 0 Å². The summed E-state index contributed by atoms with van der Waals surface area (Å²) in [7, 11) is 3.67. The summed E-state index contributed by atoms with van der Waals surface area (Å²) in [5.74, 6) is 0.745. The quantitative estimate of drug-likeness (QED) is 0.313. The molecule has 4 rings (SSSR count). The fourth-order valence-electron chi connectivity index (χ4n) is 6.36. The Balaban J connectivity index is 1.71. The molecule has 2 heteroatoms. The highest BCUT2D eigenvalue weighted by molar-refractivity contribution is 7.46.